The van der Waals surface area contributed by atoms with Crippen LogP contribution in [0.2, 0.25) is 0 Å². The van der Waals surface area contributed by atoms with E-state index in [0.29, 0.717) is 13.2 Å². The van der Waals surface area contributed by atoms with E-state index in [1.54, 1.807) is 4.90 Å². The fraction of sp³-hybridized carbons (Fsp3) is 0.833. The van der Waals surface area contributed by atoms with E-state index in [1.807, 2.05) is 0 Å². The van der Waals surface area contributed by atoms with E-state index >= 15 is 0 Å². The molecule has 2 saturated heterocycles. The van der Waals surface area contributed by atoms with E-state index in [9.17, 15) is 4.79 Å². The average Bonchev–Trinajstić information content (AvgIpc) is 2.35. The van der Waals surface area contributed by atoms with Gasteiger partial charge in [-0.2, -0.15) is 0 Å². The second-order valence-electron chi connectivity index (χ2n) is 2.88. The van der Waals surface area contributed by atoms with Crippen LogP contribution in [0.15, 0.2) is 0 Å². The Morgan fingerprint density at radius 1 is 1.70 bits per heavy atom. The summed E-state index contributed by atoms with van der Waals surface area (Å²) in [5, 5.41) is 0. The Balaban J connectivity index is 2.12. The number of rotatable bonds is 0. The summed E-state index contributed by atoms with van der Waals surface area (Å²) in [7, 11) is 0. The largest absolute Gasteiger partial charge is 0.447 e. The predicted molar refractivity (Wildman–Crippen MR) is 34.4 cm³/mol. The minimum atomic E-state index is -0.196. The molecule has 0 bridgehead atoms. The molecule has 4 heteroatoms. The van der Waals surface area contributed by atoms with Crippen LogP contribution in [-0.4, -0.2) is 36.2 Å². The van der Waals surface area contributed by atoms with Crippen molar-refractivity contribution < 1.29 is 9.53 Å². The van der Waals surface area contributed by atoms with Crippen LogP contribution in [0.5, 0.6) is 0 Å². The molecule has 2 rings (SSSR count). The quantitative estimate of drug-likeness (QED) is 0.498. The zero-order valence-electron chi connectivity index (χ0n) is 5.62. The summed E-state index contributed by atoms with van der Waals surface area (Å²) in [4.78, 5) is 12.6. The van der Waals surface area contributed by atoms with E-state index in [1.165, 1.54) is 0 Å². The number of hydrogen-bond donors (Lipinski definition) is 1. The van der Waals surface area contributed by atoms with Crippen molar-refractivity contribution in [2.45, 2.75) is 18.5 Å². The smallest absolute Gasteiger partial charge is 0.410 e. The van der Waals surface area contributed by atoms with E-state index in [4.69, 9.17) is 10.5 Å². The number of amides is 1. The van der Waals surface area contributed by atoms with Crippen LogP contribution < -0.4 is 5.73 Å². The highest BCUT2D eigenvalue weighted by molar-refractivity contribution is 5.70. The number of carbonyl (C=O) groups excluding carboxylic acids is 1. The number of nitrogens with two attached hydrogens (primary N) is 1. The van der Waals surface area contributed by atoms with Crippen LogP contribution in [-0.2, 0) is 4.74 Å². The summed E-state index contributed by atoms with van der Waals surface area (Å²) < 4.78 is 4.80. The topological polar surface area (TPSA) is 55.6 Å². The highest BCUT2D eigenvalue weighted by atomic mass is 16.6. The van der Waals surface area contributed by atoms with Gasteiger partial charge in [-0.05, 0) is 6.42 Å². The number of cyclic esters (lactones) is 1. The summed E-state index contributed by atoms with van der Waals surface area (Å²) in [6, 6.07) is 0.431. The maximum atomic E-state index is 10.8. The van der Waals surface area contributed by atoms with Gasteiger partial charge in [0.05, 0.1) is 6.04 Å². The van der Waals surface area contributed by atoms with Crippen molar-refractivity contribution in [1.29, 1.82) is 0 Å². The lowest BCUT2D eigenvalue weighted by atomic mass is 10.2. The molecular weight excluding hydrogens is 132 g/mol. The molecule has 2 aliphatic heterocycles. The van der Waals surface area contributed by atoms with Crippen LogP contribution in [0.25, 0.3) is 0 Å². The number of carbonyl (C=O) groups is 1. The number of fused-ring (bicyclic) bond motifs is 1. The van der Waals surface area contributed by atoms with Crippen molar-refractivity contribution in [3.8, 4) is 0 Å². The van der Waals surface area contributed by atoms with E-state index in [2.05, 4.69) is 0 Å². The van der Waals surface area contributed by atoms with Gasteiger partial charge in [0, 0.05) is 12.6 Å². The van der Waals surface area contributed by atoms with Crippen LogP contribution in [0, 0.1) is 0 Å². The highest BCUT2D eigenvalue weighted by Crippen LogP contribution is 2.22. The van der Waals surface area contributed by atoms with Gasteiger partial charge in [0.25, 0.3) is 0 Å². The lowest BCUT2D eigenvalue weighted by Crippen LogP contribution is -2.29. The average molecular weight is 142 g/mol. The first kappa shape index (κ1) is 5.97. The molecule has 10 heavy (non-hydrogen) atoms. The first-order valence-electron chi connectivity index (χ1n) is 3.46. The van der Waals surface area contributed by atoms with Gasteiger partial charge in [-0.3, -0.25) is 0 Å². The zero-order chi connectivity index (χ0) is 7.14. The first-order valence-corrected chi connectivity index (χ1v) is 3.46. The minimum Gasteiger partial charge on any atom is -0.447 e. The summed E-state index contributed by atoms with van der Waals surface area (Å²) >= 11 is 0. The van der Waals surface area contributed by atoms with Gasteiger partial charge in [0.15, 0.2) is 0 Å². The Bertz CT molecular complexity index is 171. The Hall–Kier alpha value is -0.770. The maximum Gasteiger partial charge on any atom is 0.410 e. The lowest BCUT2D eigenvalue weighted by Gasteiger charge is -2.08. The molecule has 0 aromatic heterocycles. The summed E-state index contributed by atoms with van der Waals surface area (Å²) in [5.41, 5.74) is 5.64. The molecule has 0 aromatic rings. The molecule has 0 aliphatic carbocycles. The molecule has 0 radical (unpaired) electrons. The molecule has 2 fully saturated rings. The van der Waals surface area contributed by atoms with Gasteiger partial charge < -0.3 is 15.4 Å². The Labute approximate surface area is 58.9 Å². The molecule has 2 N–H and O–H groups in total. The van der Waals surface area contributed by atoms with Gasteiger partial charge >= 0.3 is 6.09 Å². The Morgan fingerprint density at radius 2 is 2.50 bits per heavy atom. The number of nitrogens with zero attached hydrogens (tertiary/aromatic N) is 1. The lowest BCUT2D eigenvalue weighted by molar-refractivity contribution is 0.158. The zero-order valence-corrected chi connectivity index (χ0v) is 5.62. The van der Waals surface area contributed by atoms with Crippen LogP contribution in [0.1, 0.15) is 6.42 Å². The van der Waals surface area contributed by atoms with Gasteiger partial charge in [-0.15, -0.1) is 0 Å². The molecule has 2 aliphatic rings. The standard InChI is InChI=1S/C6H10N2O2/c7-4-1-5-3-10-6(9)8(5)2-4/h4-5H,1-3,7H2. The molecule has 0 spiro atoms. The van der Waals surface area contributed by atoms with Crippen molar-refractivity contribution in [2.75, 3.05) is 13.2 Å². The van der Waals surface area contributed by atoms with E-state index in [-0.39, 0.29) is 18.2 Å². The molecule has 1 amide bonds. The molecule has 0 saturated carbocycles. The third-order valence-electron chi connectivity index (χ3n) is 2.08. The van der Waals surface area contributed by atoms with Crippen molar-refractivity contribution in [3.63, 3.8) is 0 Å². The maximum absolute atomic E-state index is 10.8. The SMILES string of the molecule is NC1CC2COC(=O)N2C1. The molecule has 2 atom stereocenters. The van der Waals surface area contributed by atoms with Crippen LogP contribution >= 0.6 is 0 Å². The monoisotopic (exact) mass is 142 g/mol. The second kappa shape index (κ2) is 1.85. The van der Waals surface area contributed by atoms with E-state index < -0.39 is 0 Å². The number of ether oxygens (including phenoxy) is 1. The minimum absolute atomic E-state index is 0.165. The third kappa shape index (κ3) is 0.686. The molecule has 56 valence electrons. The fourth-order valence-corrected chi connectivity index (χ4v) is 1.58. The molecule has 0 aromatic carbocycles. The molecule has 2 unspecified atom stereocenters. The van der Waals surface area contributed by atoms with Crippen LogP contribution in [0.3, 0.4) is 0 Å². The summed E-state index contributed by atoms with van der Waals surface area (Å²) in [6.45, 7) is 1.20. The molecular formula is C6H10N2O2. The molecule has 2 heterocycles. The van der Waals surface area contributed by atoms with Crippen molar-refractivity contribution in [3.05, 3.63) is 0 Å². The Kier molecular flexibility index (Phi) is 1.11. The summed E-state index contributed by atoms with van der Waals surface area (Å²) in [5.74, 6) is 0. The first-order chi connectivity index (χ1) is 4.77. The van der Waals surface area contributed by atoms with Gasteiger partial charge in [0.2, 0.25) is 0 Å². The van der Waals surface area contributed by atoms with Crippen molar-refractivity contribution >= 4 is 6.09 Å². The van der Waals surface area contributed by atoms with E-state index in [0.717, 1.165) is 6.42 Å². The Morgan fingerprint density at radius 3 is 3.20 bits per heavy atom. The third-order valence-corrected chi connectivity index (χ3v) is 2.08. The van der Waals surface area contributed by atoms with Gasteiger partial charge in [-0.25, -0.2) is 4.79 Å². The van der Waals surface area contributed by atoms with Crippen LogP contribution in [0.4, 0.5) is 4.79 Å². The summed E-state index contributed by atoms with van der Waals surface area (Å²) in [6.07, 6.45) is 0.698. The van der Waals surface area contributed by atoms with Gasteiger partial charge in [0.1, 0.15) is 6.61 Å². The second-order valence-corrected chi connectivity index (χ2v) is 2.88. The highest BCUT2D eigenvalue weighted by Gasteiger charge is 2.39. The normalized spacial score (nSPS) is 38.1. The number of hydrogen-bond acceptors (Lipinski definition) is 3. The predicted octanol–water partition coefficient (Wildman–Crippen LogP) is -0.462. The van der Waals surface area contributed by atoms with Crippen molar-refractivity contribution in [2.24, 2.45) is 5.73 Å². The fourth-order valence-electron chi connectivity index (χ4n) is 1.58. The molecule has 4 nitrogen and oxygen atoms in total. The van der Waals surface area contributed by atoms with Crippen molar-refractivity contribution in [1.82, 2.24) is 4.90 Å². The van der Waals surface area contributed by atoms with Gasteiger partial charge in [-0.1, -0.05) is 0 Å².